The zero-order chi connectivity index (χ0) is 14.4. The zero-order valence-corrected chi connectivity index (χ0v) is 11.3. The van der Waals surface area contributed by atoms with Gasteiger partial charge in [0.1, 0.15) is 0 Å². The molecule has 6 nitrogen and oxygen atoms in total. The molecule has 0 aromatic heterocycles. The van der Waals surface area contributed by atoms with Gasteiger partial charge in [-0.2, -0.15) is 0 Å². The van der Waals surface area contributed by atoms with Crippen LogP contribution in [0.2, 0.25) is 0 Å². The first-order valence-corrected chi connectivity index (χ1v) is 6.88. The van der Waals surface area contributed by atoms with Gasteiger partial charge in [0.05, 0.1) is 10.8 Å². The van der Waals surface area contributed by atoms with Crippen LogP contribution in [0.25, 0.3) is 0 Å². The summed E-state index contributed by atoms with van der Waals surface area (Å²) in [5.41, 5.74) is 1.21. The highest BCUT2D eigenvalue weighted by Crippen LogP contribution is 2.13. The average Bonchev–Trinajstić information content (AvgIpc) is 2.37. The molecule has 1 amide bonds. The third-order valence-electron chi connectivity index (χ3n) is 3.49. The van der Waals surface area contributed by atoms with Crippen molar-refractivity contribution in [2.24, 2.45) is 5.92 Å². The molecule has 108 valence electrons. The van der Waals surface area contributed by atoms with E-state index < -0.39 is 4.92 Å². The number of nitrogens with one attached hydrogen (secondary N) is 2. The van der Waals surface area contributed by atoms with E-state index in [0.717, 1.165) is 37.9 Å². The molecule has 0 radical (unpaired) electrons. The van der Waals surface area contributed by atoms with Gasteiger partial charge in [-0.25, -0.2) is 0 Å². The van der Waals surface area contributed by atoms with E-state index in [1.165, 1.54) is 12.1 Å². The molecule has 1 aromatic rings. The second kappa shape index (κ2) is 7.00. The van der Waals surface area contributed by atoms with Gasteiger partial charge in [0.25, 0.3) is 5.69 Å². The van der Waals surface area contributed by atoms with E-state index >= 15 is 0 Å². The molecule has 1 saturated heterocycles. The fourth-order valence-electron chi connectivity index (χ4n) is 2.07. The summed E-state index contributed by atoms with van der Waals surface area (Å²) >= 11 is 0. The van der Waals surface area contributed by atoms with E-state index in [4.69, 9.17) is 0 Å². The second-order valence-corrected chi connectivity index (χ2v) is 5.03. The SMILES string of the molecule is O=C(NCCCCc1ccc([N+](=O)[O-])cc1)C1CNC1. The van der Waals surface area contributed by atoms with Crippen molar-refractivity contribution in [1.29, 1.82) is 0 Å². The summed E-state index contributed by atoms with van der Waals surface area (Å²) < 4.78 is 0. The van der Waals surface area contributed by atoms with Crippen molar-refractivity contribution in [3.8, 4) is 0 Å². The molecular formula is C14H19N3O3. The maximum atomic E-state index is 11.5. The highest BCUT2D eigenvalue weighted by molar-refractivity contribution is 5.79. The van der Waals surface area contributed by atoms with Crippen LogP contribution in [0.1, 0.15) is 18.4 Å². The molecule has 0 saturated carbocycles. The first-order chi connectivity index (χ1) is 9.66. The Morgan fingerprint density at radius 1 is 1.30 bits per heavy atom. The monoisotopic (exact) mass is 277 g/mol. The number of nitro benzene ring substituents is 1. The standard InChI is InChI=1S/C14H19N3O3/c18-14(12-9-15-10-12)16-8-2-1-3-11-4-6-13(7-5-11)17(19)20/h4-7,12,15H,1-3,8-10H2,(H,16,18). The Bertz CT molecular complexity index is 469. The lowest BCUT2D eigenvalue weighted by atomic mass is 10.0. The van der Waals surface area contributed by atoms with Gasteiger partial charge in [-0.3, -0.25) is 14.9 Å². The van der Waals surface area contributed by atoms with Crippen molar-refractivity contribution >= 4 is 11.6 Å². The number of carbonyl (C=O) groups is 1. The Kier molecular flexibility index (Phi) is 5.06. The number of hydrogen-bond donors (Lipinski definition) is 2. The number of unbranched alkanes of at least 4 members (excludes halogenated alkanes) is 1. The van der Waals surface area contributed by atoms with Crippen molar-refractivity contribution in [1.82, 2.24) is 10.6 Å². The lowest BCUT2D eigenvalue weighted by Crippen LogP contribution is -2.50. The predicted octanol–water partition coefficient (Wildman–Crippen LogP) is 1.25. The van der Waals surface area contributed by atoms with Gasteiger partial charge in [0.15, 0.2) is 0 Å². The largest absolute Gasteiger partial charge is 0.356 e. The summed E-state index contributed by atoms with van der Waals surface area (Å²) in [7, 11) is 0. The summed E-state index contributed by atoms with van der Waals surface area (Å²) in [6.07, 6.45) is 2.75. The van der Waals surface area contributed by atoms with Gasteiger partial charge in [0, 0.05) is 31.8 Å². The van der Waals surface area contributed by atoms with E-state index in [1.54, 1.807) is 12.1 Å². The Morgan fingerprint density at radius 3 is 2.55 bits per heavy atom. The Hall–Kier alpha value is -1.95. The number of non-ortho nitro benzene ring substituents is 1. The van der Waals surface area contributed by atoms with Gasteiger partial charge in [-0.1, -0.05) is 12.1 Å². The van der Waals surface area contributed by atoms with E-state index in [0.29, 0.717) is 6.54 Å². The molecule has 0 aliphatic carbocycles. The van der Waals surface area contributed by atoms with Gasteiger partial charge < -0.3 is 10.6 Å². The molecule has 0 atom stereocenters. The van der Waals surface area contributed by atoms with Crippen LogP contribution in [0.4, 0.5) is 5.69 Å². The van der Waals surface area contributed by atoms with Crippen molar-refractivity contribution in [2.45, 2.75) is 19.3 Å². The van der Waals surface area contributed by atoms with Crippen LogP contribution in [0.5, 0.6) is 0 Å². The van der Waals surface area contributed by atoms with Crippen LogP contribution in [0.3, 0.4) is 0 Å². The quantitative estimate of drug-likeness (QED) is 0.446. The number of nitro groups is 1. The van der Waals surface area contributed by atoms with E-state index in [1.807, 2.05) is 0 Å². The molecule has 2 rings (SSSR count). The van der Waals surface area contributed by atoms with E-state index in [-0.39, 0.29) is 17.5 Å². The molecule has 2 N–H and O–H groups in total. The first-order valence-electron chi connectivity index (χ1n) is 6.88. The normalized spacial score (nSPS) is 14.6. The first kappa shape index (κ1) is 14.5. The van der Waals surface area contributed by atoms with Crippen LogP contribution in [0.15, 0.2) is 24.3 Å². The summed E-state index contributed by atoms with van der Waals surface area (Å²) in [5, 5.41) is 16.5. The summed E-state index contributed by atoms with van der Waals surface area (Å²) in [4.78, 5) is 21.7. The van der Waals surface area contributed by atoms with Crippen molar-refractivity contribution in [2.75, 3.05) is 19.6 Å². The molecule has 1 aliphatic rings. The van der Waals surface area contributed by atoms with Crippen molar-refractivity contribution < 1.29 is 9.72 Å². The minimum Gasteiger partial charge on any atom is -0.356 e. The molecule has 20 heavy (non-hydrogen) atoms. The summed E-state index contributed by atoms with van der Waals surface area (Å²) in [5.74, 6) is 0.281. The van der Waals surface area contributed by atoms with Gasteiger partial charge in [-0.05, 0) is 24.8 Å². The van der Waals surface area contributed by atoms with Crippen LogP contribution in [0, 0.1) is 16.0 Å². The van der Waals surface area contributed by atoms with Crippen molar-refractivity contribution in [3.63, 3.8) is 0 Å². The molecular weight excluding hydrogens is 258 g/mol. The topological polar surface area (TPSA) is 84.3 Å². The average molecular weight is 277 g/mol. The maximum Gasteiger partial charge on any atom is 0.269 e. The zero-order valence-electron chi connectivity index (χ0n) is 11.3. The molecule has 0 spiro atoms. The molecule has 0 bridgehead atoms. The van der Waals surface area contributed by atoms with Crippen LogP contribution < -0.4 is 10.6 Å². The van der Waals surface area contributed by atoms with E-state index in [9.17, 15) is 14.9 Å². The Morgan fingerprint density at radius 2 is 2.00 bits per heavy atom. The number of benzene rings is 1. The number of hydrogen-bond acceptors (Lipinski definition) is 4. The number of amides is 1. The highest BCUT2D eigenvalue weighted by Gasteiger charge is 2.23. The van der Waals surface area contributed by atoms with Crippen LogP contribution in [-0.2, 0) is 11.2 Å². The molecule has 0 unspecified atom stereocenters. The minimum atomic E-state index is -0.394. The maximum absolute atomic E-state index is 11.5. The van der Waals surface area contributed by atoms with Gasteiger partial charge in [-0.15, -0.1) is 0 Å². The predicted molar refractivity (Wildman–Crippen MR) is 75.4 cm³/mol. The van der Waals surface area contributed by atoms with Gasteiger partial charge >= 0.3 is 0 Å². The minimum absolute atomic E-state index is 0.120. The molecule has 1 heterocycles. The van der Waals surface area contributed by atoms with Gasteiger partial charge in [0.2, 0.25) is 5.91 Å². The van der Waals surface area contributed by atoms with Crippen molar-refractivity contribution in [3.05, 3.63) is 39.9 Å². The number of aryl methyl sites for hydroxylation is 1. The molecule has 6 heteroatoms. The fourth-order valence-corrected chi connectivity index (χ4v) is 2.07. The number of carbonyl (C=O) groups excluding carboxylic acids is 1. The molecule has 1 aromatic carbocycles. The van der Waals surface area contributed by atoms with Crippen LogP contribution >= 0.6 is 0 Å². The second-order valence-electron chi connectivity index (χ2n) is 5.03. The third-order valence-corrected chi connectivity index (χ3v) is 3.49. The fraction of sp³-hybridized carbons (Fsp3) is 0.500. The Labute approximate surface area is 117 Å². The molecule has 1 aliphatic heterocycles. The number of nitrogens with zero attached hydrogens (tertiary/aromatic N) is 1. The smallest absolute Gasteiger partial charge is 0.269 e. The lowest BCUT2D eigenvalue weighted by Gasteiger charge is -2.25. The summed E-state index contributed by atoms with van der Waals surface area (Å²) in [6, 6.07) is 6.63. The number of rotatable bonds is 7. The third kappa shape index (κ3) is 4.03. The molecule has 1 fully saturated rings. The highest BCUT2D eigenvalue weighted by atomic mass is 16.6. The summed E-state index contributed by atoms with van der Waals surface area (Å²) in [6.45, 7) is 2.27. The van der Waals surface area contributed by atoms with E-state index in [2.05, 4.69) is 10.6 Å². The Balaban J connectivity index is 1.60. The van der Waals surface area contributed by atoms with Crippen LogP contribution in [-0.4, -0.2) is 30.5 Å². The lowest BCUT2D eigenvalue weighted by molar-refractivity contribution is -0.384.